The smallest absolute Gasteiger partial charge is 0.284 e. The van der Waals surface area contributed by atoms with Crippen molar-refractivity contribution in [3.05, 3.63) is 58.1 Å². The fraction of sp³-hybridized carbons (Fsp3) is 0. The van der Waals surface area contributed by atoms with Crippen LogP contribution in [0, 0.1) is 21.4 Å². The lowest BCUT2D eigenvalue weighted by Crippen LogP contribution is -1.91. The quantitative estimate of drug-likeness (QED) is 0.539. The number of nitriles is 1. The molecule has 7 heteroatoms. The van der Waals surface area contributed by atoms with E-state index in [9.17, 15) is 10.1 Å². The van der Waals surface area contributed by atoms with Crippen molar-refractivity contribution in [2.75, 3.05) is 0 Å². The van der Waals surface area contributed by atoms with E-state index in [2.05, 4.69) is 4.98 Å². The Kier molecular flexibility index (Phi) is 3.30. The first-order chi connectivity index (χ1) is 10.2. The van der Waals surface area contributed by atoms with E-state index in [-0.39, 0.29) is 11.3 Å². The van der Waals surface area contributed by atoms with Crippen LogP contribution in [-0.2, 0) is 0 Å². The fourth-order valence-electron chi connectivity index (χ4n) is 1.80. The summed E-state index contributed by atoms with van der Waals surface area (Å²) in [4.78, 5) is 15.2. The topological polar surface area (TPSA) is 93.0 Å². The zero-order valence-electron chi connectivity index (χ0n) is 10.5. The molecule has 21 heavy (non-hydrogen) atoms. The molecular formula is C14H7N3O3S. The molecule has 3 aromatic rings. The van der Waals surface area contributed by atoms with Crippen LogP contribution in [0.5, 0.6) is 0 Å². The molecule has 102 valence electrons. The Morgan fingerprint density at radius 1 is 1.29 bits per heavy atom. The maximum Gasteiger partial charge on any atom is 0.284 e. The Bertz CT molecular complexity index is 850. The average molecular weight is 297 g/mol. The zero-order chi connectivity index (χ0) is 14.8. The van der Waals surface area contributed by atoms with Gasteiger partial charge < -0.3 is 4.42 Å². The number of oxazole rings is 1. The number of fused-ring (bicyclic) bond motifs is 1. The summed E-state index contributed by atoms with van der Waals surface area (Å²) in [7, 11) is 0. The minimum absolute atomic E-state index is 0.138. The highest BCUT2D eigenvalue weighted by Crippen LogP contribution is 2.36. The van der Waals surface area contributed by atoms with Crippen LogP contribution < -0.4 is 0 Å². The highest BCUT2D eigenvalue weighted by molar-refractivity contribution is 7.99. The third-order valence-corrected chi connectivity index (χ3v) is 3.67. The molecule has 0 aliphatic carbocycles. The molecule has 0 amide bonds. The monoisotopic (exact) mass is 297 g/mol. The largest absolute Gasteiger partial charge is 0.431 e. The molecule has 1 heterocycles. The number of hydrogen-bond donors (Lipinski definition) is 0. The van der Waals surface area contributed by atoms with E-state index in [1.54, 1.807) is 12.1 Å². The number of nitro groups is 1. The van der Waals surface area contributed by atoms with E-state index in [1.165, 1.54) is 18.2 Å². The van der Waals surface area contributed by atoms with E-state index in [1.807, 2.05) is 18.2 Å². The van der Waals surface area contributed by atoms with Crippen molar-refractivity contribution in [2.24, 2.45) is 0 Å². The third-order valence-electron chi connectivity index (χ3n) is 2.76. The second kappa shape index (κ2) is 5.26. The molecule has 0 saturated heterocycles. The Labute approximate surface area is 123 Å². The molecule has 1 aromatic heterocycles. The number of nitrogens with zero attached hydrogens (tertiary/aromatic N) is 3. The summed E-state index contributed by atoms with van der Waals surface area (Å²) in [6.45, 7) is 0. The second-order valence-electron chi connectivity index (χ2n) is 4.10. The van der Waals surface area contributed by atoms with Gasteiger partial charge in [0.1, 0.15) is 5.52 Å². The molecule has 3 rings (SSSR count). The van der Waals surface area contributed by atoms with Crippen LogP contribution in [0.4, 0.5) is 5.69 Å². The van der Waals surface area contributed by atoms with E-state index in [4.69, 9.17) is 9.68 Å². The molecule has 0 unspecified atom stereocenters. The first-order valence-electron chi connectivity index (χ1n) is 5.89. The molecule has 0 fully saturated rings. The van der Waals surface area contributed by atoms with E-state index in [0.29, 0.717) is 21.2 Å². The van der Waals surface area contributed by atoms with Crippen LogP contribution in [0.3, 0.4) is 0 Å². The summed E-state index contributed by atoms with van der Waals surface area (Å²) in [6, 6.07) is 13.4. The second-order valence-corrected chi connectivity index (χ2v) is 5.09. The van der Waals surface area contributed by atoms with Crippen LogP contribution in [0.1, 0.15) is 5.56 Å². The van der Waals surface area contributed by atoms with Gasteiger partial charge in [0.25, 0.3) is 10.9 Å². The van der Waals surface area contributed by atoms with Gasteiger partial charge in [-0.25, -0.2) is 4.98 Å². The summed E-state index contributed by atoms with van der Waals surface area (Å²) >= 11 is 1.06. The third kappa shape index (κ3) is 2.57. The van der Waals surface area contributed by atoms with Gasteiger partial charge in [0.05, 0.1) is 21.5 Å². The molecule has 6 nitrogen and oxygen atoms in total. The van der Waals surface area contributed by atoms with Crippen LogP contribution in [0.15, 0.2) is 57.0 Å². The van der Waals surface area contributed by atoms with Crippen LogP contribution in [-0.4, -0.2) is 9.91 Å². The van der Waals surface area contributed by atoms with Crippen molar-refractivity contribution in [1.82, 2.24) is 4.98 Å². The molecule has 0 radical (unpaired) electrons. The molecule has 0 bridgehead atoms. The van der Waals surface area contributed by atoms with Gasteiger partial charge in [-0.2, -0.15) is 5.26 Å². The molecular weight excluding hydrogens is 290 g/mol. The van der Waals surface area contributed by atoms with Gasteiger partial charge in [-0.1, -0.05) is 12.1 Å². The van der Waals surface area contributed by atoms with Gasteiger partial charge >= 0.3 is 0 Å². The maximum absolute atomic E-state index is 11.1. The van der Waals surface area contributed by atoms with Crippen LogP contribution in [0.25, 0.3) is 11.1 Å². The predicted octanol–water partition coefficient (Wildman–Crippen LogP) is 3.76. The van der Waals surface area contributed by atoms with Crippen molar-refractivity contribution in [3.8, 4) is 6.07 Å². The Hall–Kier alpha value is -2.85. The summed E-state index contributed by atoms with van der Waals surface area (Å²) in [5.41, 5.74) is 1.41. The van der Waals surface area contributed by atoms with Gasteiger partial charge in [0.15, 0.2) is 5.58 Å². The minimum Gasteiger partial charge on any atom is -0.431 e. The van der Waals surface area contributed by atoms with Crippen LogP contribution >= 0.6 is 11.8 Å². The number of benzene rings is 2. The standard InChI is InChI=1S/C14H7N3O3S/c15-8-9-5-6-13(11(7-9)17(18)19)21-14-16-10-3-1-2-4-12(10)20-14/h1-7H. The van der Waals surface area contributed by atoms with Crippen molar-refractivity contribution in [2.45, 2.75) is 10.1 Å². The summed E-state index contributed by atoms with van der Waals surface area (Å²) < 4.78 is 5.53. The van der Waals surface area contributed by atoms with Gasteiger partial charge in [-0.15, -0.1) is 0 Å². The highest BCUT2D eigenvalue weighted by atomic mass is 32.2. The summed E-state index contributed by atoms with van der Waals surface area (Å²) in [6.07, 6.45) is 0. The molecule has 0 spiro atoms. The normalized spacial score (nSPS) is 10.4. The van der Waals surface area contributed by atoms with E-state index < -0.39 is 4.92 Å². The van der Waals surface area contributed by atoms with E-state index >= 15 is 0 Å². The van der Waals surface area contributed by atoms with Gasteiger partial charge in [-0.3, -0.25) is 10.1 Å². The number of nitro benzene ring substituents is 1. The first kappa shape index (κ1) is 13.1. The Morgan fingerprint density at radius 3 is 2.81 bits per heavy atom. The molecule has 0 aliphatic heterocycles. The lowest BCUT2D eigenvalue weighted by molar-refractivity contribution is -0.387. The Balaban J connectivity index is 2.01. The zero-order valence-corrected chi connectivity index (χ0v) is 11.3. The number of aromatic nitrogens is 1. The lowest BCUT2D eigenvalue weighted by atomic mass is 10.2. The van der Waals surface area contributed by atoms with Gasteiger partial charge in [0, 0.05) is 6.07 Å². The lowest BCUT2D eigenvalue weighted by Gasteiger charge is -1.99. The SMILES string of the molecule is N#Cc1ccc(Sc2nc3ccccc3o2)c([N+](=O)[O-])c1. The minimum atomic E-state index is -0.522. The molecule has 0 aliphatic rings. The van der Waals surface area contributed by atoms with Gasteiger partial charge in [0.2, 0.25) is 0 Å². The average Bonchev–Trinajstić information content (AvgIpc) is 2.89. The van der Waals surface area contributed by atoms with Crippen LogP contribution in [0.2, 0.25) is 0 Å². The van der Waals surface area contributed by atoms with Crippen molar-refractivity contribution >= 4 is 28.5 Å². The van der Waals surface area contributed by atoms with Crippen molar-refractivity contribution in [1.29, 1.82) is 5.26 Å². The van der Waals surface area contributed by atoms with Crippen molar-refractivity contribution < 1.29 is 9.34 Å². The molecule has 0 atom stereocenters. The summed E-state index contributed by atoms with van der Waals surface area (Å²) in [5.74, 6) is 0. The molecule has 0 saturated carbocycles. The highest BCUT2D eigenvalue weighted by Gasteiger charge is 2.18. The fourth-order valence-corrected chi connectivity index (χ4v) is 2.64. The number of hydrogen-bond acceptors (Lipinski definition) is 6. The van der Waals surface area contributed by atoms with E-state index in [0.717, 1.165) is 11.8 Å². The number of rotatable bonds is 3. The Morgan fingerprint density at radius 2 is 2.10 bits per heavy atom. The first-order valence-corrected chi connectivity index (χ1v) is 6.71. The molecule has 0 N–H and O–H groups in total. The summed E-state index contributed by atoms with van der Waals surface area (Å²) in [5, 5.41) is 20.2. The van der Waals surface area contributed by atoms with Crippen molar-refractivity contribution in [3.63, 3.8) is 0 Å². The maximum atomic E-state index is 11.1. The van der Waals surface area contributed by atoms with Gasteiger partial charge in [-0.05, 0) is 36.0 Å². The predicted molar refractivity (Wildman–Crippen MR) is 75.9 cm³/mol. The molecule has 2 aromatic carbocycles. The number of para-hydroxylation sites is 2.